The van der Waals surface area contributed by atoms with Crippen molar-refractivity contribution in [2.75, 3.05) is 0 Å². The topological polar surface area (TPSA) is 33.4 Å². The van der Waals surface area contributed by atoms with Gasteiger partial charge in [0.15, 0.2) is 0 Å². The van der Waals surface area contributed by atoms with E-state index >= 15 is 0 Å². The van der Waals surface area contributed by atoms with Gasteiger partial charge in [-0.1, -0.05) is 34.1 Å². The number of aliphatic hydroxyl groups is 1. The first kappa shape index (κ1) is 16.1. The average molecular weight is 304 g/mol. The Balaban J connectivity index is 1.87. The molecule has 2 aliphatic carbocycles. The molecule has 4 unspecified atom stereocenters. The molecule has 0 spiro atoms. The summed E-state index contributed by atoms with van der Waals surface area (Å²) >= 11 is 0. The van der Waals surface area contributed by atoms with E-state index in [1.165, 1.54) is 18.4 Å². The van der Waals surface area contributed by atoms with E-state index in [9.17, 15) is 5.11 Å². The van der Waals surface area contributed by atoms with Gasteiger partial charge in [0.2, 0.25) is 0 Å². The second kappa shape index (κ2) is 5.40. The Morgan fingerprint density at radius 1 is 1.23 bits per heavy atom. The number of hydrogen-bond donors (Lipinski definition) is 1. The van der Waals surface area contributed by atoms with Crippen LogP contribution in [-0.4, -0.2) is 10.7 Å². The Morgan fingerprint density at radius 2 is 2.00 bits per heavy atom. The summed E-state index contributed by atoms with van der Waals surface area (Å²) in [5, 5.41) is 11.6. The fourth-order valence-electron chi connectivity index (χ4n) is 5.44. The van der Waals surface area contributed by atoms with Gasteiger partial charge in [-0.2, -0.15) is 0 Å². The third kappa shape index (κ3) is 2.35. The van der Waals surface area contributed by atoms with E-state index in [0.717, 1.165) is 32.1 Å². The van der Waals surface area contributed by atoms with E-state index in [4.69, 9.17) is 4.42 Å². The summed E-state index contributed by atoms with van der Waals surface area (Å²) in [5.41, 5.74) is 1.08. The van der Waals surface area contributed by atoms with E-state index in [1.54, 1.807) is 6.26 Å². The summed E-state index contributed by atoms with van der Waals surface area (Å²) in [6.45, 7) is 9.40. The van der Waals surface area contributed by atoms with Crippen LogP contribution in [0.5, 0.6) is 0 Å². The standard InChI is InChI=1S/C20H32O2/c1-15-7-12-20(21)17(6-5-10-18(20,2)3)19(15,4)11-8-16-9-13-22-14-16/h9,13-15,17,21H,5-8,10-12H2,1-4H3. The molecule has 0 radical (unpaired) electrons. The van der Waals surface area contributed by atoms with Crippen molar-refractivity contribution in [3.05, 3.63) is 24.2 Å². The smallest absolute Gasteiger partial charge is 0.0934 e. The van der Waals surface area contributed by atoms with Crippen molar-refractivity contribution in [3.8, 4) is 0 Å². The molecule has 1 N–H and O–H groups in total. The highest BCUT2D eigenvalue weighted by molar-refractivity contribution is 5.12. The molecular weight excluding hydrogens is 272 g/mol. The van der Waals surface area contributed by atoms with Crippen molar-refractivity contribution < 1.29 is 9.52 Å². The molecule has 0 aromatic carbocycles. The fraction of sp³-hybridized carbons (Fsp3) is 0.800. The Kier molecular flexibility index (Phi) is 3.96. The predicted octanol–water partition coefficient (Wildman–Crippen LogP) is 5.21. The lowest BCUT2D eigenvalue weighted by atomic mass is 9.45. The van der Waals surface area contributed by atoms with Crippen LogP contribution in [0, 0.1) is 22.7 Å². The van der Waals surface area contributed by atoms with Crippen molar-refractivity contribution >= 4 is 0 Å². The van der Waals surface area contributed by atoms with Crippen molar-refractivity contribution in [3.63, 3.8) is 0 Å². The number of fused-ring (bicyclic) bond motifs is 1. The van der Waals surface area contributed by atoms with Crippen molar-refractivity contribution in [2.45, 2.75) is 78.2 Å². The Labute approximate surface area is 135 Å². The molecule has 2 heteroatoms. The molecule has 1 aromatic rings. The van der Waals surface area contributed by atoms with Crippen molar-refractivity contribution in [2.24, 2.45) is 22.7 Å². The van der Waals surface area contributed by atoms with E-state index < -0.39 is 5.60 Å². The van der Waals surface area contributed by atoms with E-state index in [1.807, 2.05) is 6.26 Å². The summed E-state index contributed by atoms with van der Waals surface area (Å²) in [7, 11) is 0. The lowest BCUT2D eigenvalue weighted by Gasteiger charge is -2.62. The molecule has 3 rings (SSSR count). The van der Waals surface area contributed by atoms with Crippen LogP contribution in [0.25, 0.3) is 0 Å². The average Bonchev–Trinajstić information content (AvgIpc) is 2.97. The maximum Gasteiger partial charge on any atom is 0.0934 e. The zero-order valence-corrected chi connectivity index (χ0v) is 14.7. The van der Waals surface area contributed by atoms with E-state index in [2.05, 4.69) is 33.8 Å². The summed E-state index contributed by atoms with van der Waals surface area (Å²) in [6, 6.07) is 2.08. The molecule has 2 saturated carbocycles. The third-order valence-electron chi connectivity index (χ3n) is 7.46. The molecule has 2 aliphatic rings. The van der Waals surface area contributed by atoms with Gasteiger partial charge in [-0.05, 0) is 72.8 Å². The highest BCUT2D eigenvalue weighted by Crippen LogP contribution is 2.62. The SMILES string of the molecule is CC1CCC2(O)C(CCCC2(C)C)C1(C)CCc1ccoc1. The number of rotatable bonds is 3. The first-order chi connectivity index (χ1) is 10.3. The van der Waals surface area contributed by atoms with Crippen LogP contribution in [-0.2, 0) is 6.42 Å². The minimum Gasteiger partial charge on any atom is -0.472 e. The van der Waals surface area contributed by atoms with Gasteiger partial charge in [0, 0.05) is 0 Å². The van der Waals surface area contributed by atoms with Crippen LogP contribution in [0.1, 0.15) is 71.8 Å². The Bertz CT molecular complexity index is 504. The first-order valence-corrected chi connectivity index (χ1v) is 9.03. The van der Waals surface area contributed by atoms with Crippen LogP contribution < -0.4 is 0 Å². The predicted molar refractivity (Wildman–Crippen MR) is 89.6 cm³/mol. The van der Waals surface area contributed by atoms with Crippen molar-refractivity contribution in [1.29, 1.82) is 0 Å². The van der Waals surface area contributed by atoms with Gasteiger partial charge in [-0.25, -0.2) is 0 Å². The van der Waals surface area contributed by atoms with Gasteiger partial charge in [0.05, 0.1) is 18.1 Å². The largest absolute Gasteiger partial charge is 0.472 e. The summed E-state index contributed by atoms with van der Waals surface area (Å²) < 4.78 is 5.22. The maximum absolute atomic E-state index is 11.6. The lowest BCUT2D eigenvalue weighted by molar-refractivity contribution is -0.212. The highest BCUT2D eigenvalue weighted by Gasteiger charge is 2.60. The number of furan rings is 1. The summed E-state index contributed by atoms with van der Waals surface area (Å²) in [6.07, 6.45) is 11.6. The molecule has 0 saturated heterocycles. The van der Waals surface area contributed by atoms with E-state index in [-0.39, 0.29) is 10.8 Å². The minimum atomic E-state index is -0.483. The van der Waals surface area contributed by atoms with Crippen LogP contribution in [0.15, 0.2) is 23.0 Å². The zero-order valence-electron chi connectivity index (χ0n) is 14.7. The third-order valence-corrected chi connectivity index (χ3v) is 7.46. The highest BCUT2D eigenvalue weighted by atomic mass is 16.3. The normalized spacial score (nSPS) is 41.1. The Morgan fingerprint density at radius 3 is 2.68 bits per heavy atom. The second-order valence-electron chi connectivity index (χ2n) is 8.83. The molecule has 0 bridgehead atoms. The molecule has 1 heterocycles. The van der Waals surface area contributed by atoms with Crippen molar-refractivity contribution in [1.82, 2.24) is 0 Å². The molecule has 124 valence electrons. The monoisotopic (exact) mass is 304 g/mol. The molecule has 2 fully saturated rings. The maximum atomic E-state index is 11.6. The lowest BCUT2D eigenvalue weighted by Crippen LogP contribution is -2.62. The molecule has 1 aromatic heterocycles. The van der Waals surface area contributed by atoms with Gasteiger partial charge in [0.1, 0.15) is 0 Å². The van der Waals surface area contributed by atoms with Gasteiger partial charge in [-0.15, -0.1) is 0 Å². The second-order valence-corrected chi connectivity index (χ2v) is 8.83. The van der Waals surface area contributed by atoms with Crippen LogP contribution in [0.2, 0.25) is 0 Å². The molecular formula is C20H32O2. The summed E-state index contributed by atoms with van der Waals surface area (Å²) in [5.74, 6) is 1.11. The fourth-order valence-corrected chi connectivity index (χ4v) is 5.44. The van der Waals surface area contributed by atoms with E-state index in [0.29, 0.717) is 11.8 Å². The number of hydrogen-bond acceptors (Lipinski definition) is 2. The van der Waals surface area contributed by atoms with Crippen LogP contribution in [0.3, 0.4) is 0 Å². The minimum absolute atomic E-state index is 0.0486. The number of aryl methyl sites for hydroxylation is 1. The first-order valence-electron chi connectivity index (χ1n) is 9.03. The molecule has 0 aliphatic heterocycles. The van der Waals surface area contributed by atoms with Gasteiger partial charge in [0.25, 0.3) is 0 Å². The van der Waals surface area contributed by atoms with Gasteiger partial charge < -0.3 is 9.52 Å². The Hall–Kier alpha value is -0.760. The molecule has 0 amide bonds. The van der Waals surface area contributed by atoms with Gasteiger partial charge in [-0.3, -0.25) is 0 Å². The molecule has 2 nitrogen and oxygen atoms in total. The van der Waals surface area contributed by atoms with Gasteiger partial charge >= 0.3 is 0 Å². The molecule has 4 atom stereocenters. The quantitative estimate of drug-likeness (QED) is 0.832. The summed E-state index contributed by atoms with van der Waals surface area (Å²) in [4.78, 5) is 0. The molecule has 22 heavy (non-hydrogen) atoms. The van der Waals surface area contributed by atoms with Crippen LogP contribution in [0.4, 0.5) is 0 Å². The van der Waals surface area contributed by atoms with Crippen LogP contribution >= 0.6 is 0 Å². The zero-order chi connectivity index (χ0) is 16.0.